The largest absolute Gasteiger partial charge is 0.469 e. The average molecular weight is 1470 g/mol. The van der Waals surface area contributed by atoms with Crippen molar-refractivity contribution in [3.63, 3.8) is 0 Å². The van der Waals surface area contributed by atoms with Crippen LogP contribution in [0.25, 0.3) is 66.1 Å². The van der Waals surface area contributed by atoms with E-state index in [1.165, 1.54) is 79.2 Å². The van der Waals surface area contributed by atoms with Crippen molar-refractivity contribution in [2.24, 2.45) is 140 Å². The van der Waals surface area contributed by atoms with E-state index in [-0.39, 0.29) is 56.3 Å². The van der Waals surface area contributed by atoms with Crippen LogP contribution in [-0.4, -0.2) is 26.2 Å². The molecule has 0 aliphatic heterocycles. The predicted molar refractivity (Wildman–Crippen MR) is 435 cm³/mol. The van der Waals surface area contributed by atoms with E-state index in [1.807, 2.05) is 78.0 Å². The van der Waals surface area contributed by atoms with E-state index in [4.69, 9.17) is 9.47 Å². The molecule has 35 aliphatic carbocycles. The van der Waals surface area contributed by atoms with E-state index in [0.717, 1.165) is 114 Å². The molecule has 6 aromatic carbocycles. The van der Waals surface area contributed by atoms with Crippen molar-refractivity contribution in [3.05, 3.63) is 293 Å². The lowest BCUT2D eigenvalue weighted by Gasteiger charge is -2.52. The van der Waals surface area contributed by atoms with Crippen molar-refractivity contribution in [3.8, 4) is 11.1 Å². The van der Waals surface area contributed by atoms with Gasteiger partial charge in [-0.1, -0.05) is 132 Å². The smallest absolute Gasteiger partial charge is 0.305 e. The molecule has 4 heteroatoms. The van der Waals surface area contributed by atoms with E-state index in [2.05, 4.69) is 126 Å². The Hall–Kier alpha value is -9.34. The first-order chi connectivity index (χ1) is 56.9. The minimum absolute atomic E-state index is 0.0401. The number of benzene rings is 6. The Labute approximate surface area is 664 Å². The van der Waals surface area contributed by atoms with Crippen LogP contribution in [0, 0.1) is 140 Å². The standard InChI is InChI=1S/C59H36O2.C52H40O2/c1-61-32(60)9-5-8-31(19-6-3-2-4-7-19)59-56-26-11-10-25-27-16-23-14-20-12-22-13-21-15-24-17-28-29-18-30(26)57(59)41(29)47-39(28)45-36(24)34(21)43-37(22)42-33(20)35(23)44-38(27)46(40(25)56)54-52-50(44)48(42)49(43)51(45)53(52)55(47)58(54)59;1-54-27(53)8-5-17-48(18-6-3-2-4-7-18)51-46-25-15-13-23-21-11-9-19-20-10-12-22-24-14-16-26-35-33(24)38-31(22)29(20)36-28(19)30(21)37-32(23)34(25)44-42-40(37)39(36)41(38)43(42)45(35)50(49(44,46)51)47(26)52(48,50)51/h2-4,6-7,10-11,16-17,20-24,31,35-37,58H,5,8-9,12-15H2,1H3;2-4,6-7,13-16,19-24,28-33,36,39H,5,8-12,17H2,1H3. The van der Waals surface area contributed by atoms with E-state index >= 15 is 0 Å². The Morgan fingerprint density at radius 2 is 1.08 bits per heavy atom. The van der Waals surface area contributed by atoms with Gasteiger partial charge in [0.1, 0.15) is 0 Å². The van der Waals surface area contributed by atoms with Crippen molar-refractivity contribution >= 4 is 66.9 Å². The molecule has 0 radical (unpaired) electrons. The molecule has 35 aliphatic rings. The maximum Gasteiger partial charge on any atom is 0.305 e. The summed E-state index contributed by atoms with van der Waals surface area (Å²) in [4.78, 5) is 25.8. The number of fused-ring (bicyclic) bond motifs is 6. The average Bonchev–Trinajstić information content (AvgIpc) is 1.27. The van der Waals surface area contributed by atoms with Crippen LogP contribution in [0.1, 0.15) is 191 Å². The number of rotatable bonds is 11. The number of ether oxygens (including phenoxy) is 2. The molecule has 544 valence electrons. The zero-order chi connectivity index (χ0) is 72.2. The molecule has 115 heavy (non-hydrogen) atoms. The molecule has 0 bridgehead atoms. The molecule has 0 saturated heterocycles. The molecule has 0 aromatic heterocycles. The van der Waals surface area contributed by atoms with Gasteiger partial charge in [0.25, 0.3) is 0 Å². The minimum atomic E-state index is -0.292. The number of methoxy groups -OCH3 is 2. The molecule has 0 amide bonds. The molecular formula is C111H76O4. The predicted octanol–water partition coefficient (Wildman–Crippen LogP) is 21.2. The van der Waals surface area contributed by atoms with E-state index in [1.54, 1.807) is 142 Å². The number of hydrogen-bond donors (Lipinski definition) is 0. The zero-order valence-corrected chi connectivity index (χ0v) is 64.3. The van der Waals surface area contributed by atoms with E-state index in [9.17, 15) is 9.59 Å². The monoisotopic (exact) mass is 1470 g/mol. The maximum atomic E-state index is 13.0. The lowest BCUT2D eigenvalue weighted by molar-refractivity contribution is -0.141. The van der Waals surface area contributed by atoms with Crippen LogP contribution in [0.5, 0.6) is 0 Å². The van der Waals surface area contributed by atoms with Crippen molar-refractivity contribution in [2.45, 2.75) is 124 Å². The topological polar surface area (TPSA) is 52.6 Å². The number of hydrogen-bond acceptors (Lipinski definition) is 4. The maximum absolute atomic E-state index is 13.0. The molecule has 4 nitrogen and oxygen atoms in total. The van der Waals surface area contributed by atoms with Gasteiger partial charge < -0.3 is 9.47 Å². The van der Waals surface area contributed by atoms with Crippen molar-refractivity contribution in [1.82, 2.24) is 0 Å². The third-order valence-electron chi connectivity index (χ3n) is 44.5. The first-order valence-corrected chi connectivity index (χ1v) is 46.4. The first kappa shape index (κ1) is 55.3. The van der Waals surface area contributed by atoms with Gasteiger partial charge in [0, 0.05) is 103 Å². The molecule has 11 saturated carbocycles. The number of allylic oxidation sites excluding steroid dienone is 28. The number of esters is 2. The van der Waals surface area contributed by atoms with E-state index in [0.29, 0.717) is 54.3 Å². The van der Waals surface area contributed by atoms with Crippen molar-refractivity contribution in [1.29, 1.82) is 0 Å². The molecular weight excluding hydrogens is 1400 g/mol. The van der Waals surface area contributed by atoms with Crippen LogP contribution in [0.4, 0.5) is 0 Å². The molecule has 41 rings (SSSR count). The summed E-state index contributed by atoms with van der Waals surface area (Å²) in [6.07, 6.45) is 33.3. The molecule has 27 unspecified atom stereocenters. The lowest BCUT2D eigenvalue weighted by Crippen LogP contribution is -2.46. The molecule has 11 fully saturated rings. The fraction of sp³-hybridized carbons (Fsp3) is 0.414. The van der Waals surface area contributed by atoms with Gasteiger partial charge in [-0.2, -0.15) is 0 Å². The van der Waals surface area contributed by atoms with Crippen LogP contribution in [0.2, 0.25) is 0 Å². The zero-order valence-electron chi connectivity index (χ0n) is 64.3. The molecule has 6 aromatic rings. The highest BCUT2D eigenvalue weighted by Crippen LogP contribution is 3.31. The second kappa shape index (κ2) is 15.2. The summed E-state index contributed by atoms with van der Waals surface area (Å²) in [6.45, 7) is 0. The van der Waals surface area contributed by atoms with Gasteiger partial charge in [-0.15, -0.1) is 5.73 Å². The molecule has 0 N–H and O–H groups in total. The summed E-state index contributed by atoms with van der Waals surface area (Å²) in [6, 6.07) is 28.7. The number of carbonyl (C=O) groups excluding carboxylic acids is 2. The van der Waals surface area contributed by atoms with Crippen LogP contribution >= 0.6 is 0 Å². The Bertz CT molecular complexity index is 7300. The number of carbonyl (C=O) groups is 2. The van der Waals surface area contributed by atoms with Crippen LogP contribution in [-0.2, 0) is 29.9 Å². The van der Waals surface area contributed by atoms with Crippen LogP contribution < -0.4 is 0 Å². The van der Waals surface area contributed by atoms with Gasteiger partial charge in [0.2, 0.25) is 0 Å². The van der Waals surface area contributed by atoms with Gasteiger partial charge in [0.05, 0.1) is 14.2 Å². The first-order valence-electron chi connectivity index (χ1n) is 46.4. The van der Waals surface area contributed by atoms with Crippen LogP contribution in [0.3, 0.4) is 0 Å². The highest BCUT2D eigenvalue weighted by Gasteiger charge is 3.30. The Morgan fingerprint density at radius 1 is 0.496 bits per heavy atom. The fourth-order valence-corrected chi connectivity index (χ4v) is 44.6. The summed E-state index contributed by atoms with van der Waals surface area (Å²) in [5.74, 6) is 17.4. The van der Waals surface area contributed by atoms with Crippen LogP contribution in [0.15, 0.2) is 215 Å². The summed E-state index contributed by atoms with van der Waals surface area (Å²) in [7, 11) is 3.13. The van der Waals surface area contributed by atoms with E-state index < -0.39 is 0 Å². The molecule has 0 heterocycles. The molecule has 27 atom stereocenters. The second-order valence-corrected chi connectivity index (χ2v) is 44.7. The third-order valence-corrected chi connectivity index (χ3v) is 44.5. The minimum Gasteiger partial charge on any atom is -0.469 e. The third kappa shape index (κ3) is 4.10. The van der Waals surface area contributed by atoms with Crippen molar-refractivity contribution < 1.29 is 19.1 Å². The van der Waals surface area contributed by atoms with Gasteiger partial charge >= 0.3 is 11.9 Å². The quantitative estimate of drug-likeness (QED) is 0.0736. The lowest BCUT2D eigenvalue weighted by atomic mass is 9.49. The van der Waals surface area contributed by atoms with Gasteiger partial charge in [-0.3, -0.25) is 9.59 Å². The highest BCUT2D eigenvalue weighted by molar-refractivity contribution is 6.37. The summed E-state index contributed by atoms with van der Waals surface area (Å²) >= 11 is 0. The summed E-state index contributed by atoms with van der Waals surface area (Å²) in [5, 5.41) is 6.90. The Morgan fingerprint density at radius 3 is 1.71 bits per heavy atom. The second-order valence-electron chi connectivity index (χ2n) is 44.7. The Balaban J connectivity index is 0.000000101. The Kier molecular flexibility index (Phi) is 7.33. The highest BCUT2D eigenvalue weighted by atomic mass is 16.5. The SMILES string of the molecule is COC(=O)CCCC(c1ccccc1)C12C3=C4C5=C=C3c3ccc6c(c31)-c1c3c7c8c9c%10c%11c%12c(c4c4c%11c8c1C42)C5=CC1CC2CC4CC5CC(C=C63)C7C5=C9C4C%10=C2C%121.COC(=O)CCCC1(c2ccccc2)C23C4=C5C=CC6C7C5=C5C8=C9C%10=C%11C%12C%13=C9C9(C(=C%13C=CC%12C%12CCC%13C%14CCC6C6C7=C8C%10C(C%146)C%13C%11%12)C912)C543. The van der Waals surface area contributed by atoms with Crippen molar-refractivity contribution in [2.75, 3.05) is 14.2 Å². The summed E-state index contributed by atoms with van der Waals surface area (Å²) in [5.41, 5.74) is 74.9. The molecule has 4 spiro atoms. The normalized spacial score (nSPS) is 47.3. The van der Waals surface area contributed by atoms with Gasteiger partial charge in [-0.25, -0.2) is 0 Å². The van der Waals surface area contributed by atoms with Gasteiger partial charge in [-0.05, 0) is 383 Å². The van der Waals surface area contributed by atoms with Gasteiger partial charge in [0.15, 0.2) is 0 Å². The summed E-state index contributed by atoms with van der Waals surface area (Å²) < 4.78 is 10.6. The fourth-order valence-electron chi connectivity index (χ4n) is 44.6.